The summed E-state index contributed by atoms with van der Waals surface area (Å²) in [6.07, 6.45) is 1.95. The van der Waals surface area contributed by atoms with E-state index in [0.717, 1.165) is 11.8 Å². The first-order valence-corrected chi connectivity index (χ1v) is 13.5. The molecule has 0 radical (unpaired) electrons. The third-order valence-electron chi connectivity index (χ3n) is 6.59. The summed E-state index contributed by atoms with van der Waals surface area (Å²) in [4.78, 5) is 49.4. The fourth-order valence-electron chi connectivity index (χ4n) is 4.38. The van der Waals surface area contributed by atoms with Gasteiger partial charge in [0.1, 0.15) is 11.3 Å². The monoisotopic (exact) mass is 597 g/mol. The molecule has 0 aliphatic rings. The van der Waals surface area contributed by atoms with Crippen LogP contribution < -0.4 is 30.7 Å². The molecule has 0 spiro atoms. The first kappa shape index (κ1) is 31.0. The number of aryl methyl sites for hydroxylation is 1. The normalized spacial score (nSPS) is 11.1. The first-order valence-electron chi connectivity index (χ1n) is 13.5. The van der Waals surface area contributed by atoms with Gasteiger partial charge in [0.2, 0.25) is 5.91 Å². The van der Waals surface area contributed by atoms with Crippen LogP contribution in [0.1, 0.15) is 39.5 Å². The van der Waals surface area contributed by atoms with E-state index in [1.54, 1.807) is 48.5 Å². The smallest absolute Gasteiger partial charge is 0.323 e. The molecule has 226 valence electrons. The molecule has 4 aromatic rings. The number of carbonyl (C=O) groups excluding carboxylic acids is 3. The van der Waals surface area contributed by atoms with Crippen LogP contribution in [0.5, 0.6) is 5.75 Å². The molecule has 1 heterocycles. The fraction of sp³-hybridized carbons (Fsp3) is 0.156. The Balaban J connectivity index is 1.37. The Labute approximate surface area is 253 Å². The average Bonchev–Trinajstić information content (AvgIpc) is 2.99. The summed E-state index contributed by atoms with van der Waals surface area (Å²) < 4.78 is 5.90. The van der Waals surface area contributed by atoms with Gasteiger partial charge in [-0.25, -0.2) is 4.79 Å². The second-order valence-electron chi connectivity index (χ2n) is 9.85. The highest BCUT2D eigenvalue weighted by atomic mass is 16.5. The number of anilines is 3. The Hall–Kier alpha value is -5.91. The molecular weight excluding hydrogens is 566 g/mol. The van der Waals surface area contributed by atoms with Gasteiger partial charge in [0, 0.05) is 17.4 Å². The Morgan fingerprint density at radius 1 is 0.909 bits per heavy atom. The van der Waals surface area contributed by atoms with E-state index in [1.165, 1.54) is 25.4 Å². The minimum Gasteiger partial charge on any atom is -0.619 e. The van der Waals surface area contributed by atoms with Crippen molar-refractivity contribution in [3.63, 3.8) is 0 Å². The van der Waals surface area contributed by atoms with Crippen molar-refractivity contribution in [1.29, 1.82) is 0 Å². The molecule has 5 N–H and O–H groups in total. The Bertz CT molecular complexity index is 1670. The number of methoxy groups -OCH3 is 1. The van der Waals surface area contributed by atoms with Crippen molar-refractivity contribution < 1.29 is 33.8 Å². The lowest BCUT2D eigenvalue weighted by Gasteiger charge is -2.18. The zero-order valence-corrected chi connectivity index (χ0v) is 24.0. The van der Waals surface area contributed by atoms with Gasteiger partial charge < -0.3 is 36.3 Å². The van der Waals surface area contributed by atoms with E-state index in [1.807, 2.05) is 25.1 Å². The Morgan fingerprint density at radius 2 is 1.64 bits per heavy atom. The predicted molar refractivity (Wildman–Crippen MR) is 163 cm³/mol. The summed E-state index contributed by atoms with van der Waals surface area (Å²) >= 11 is 0. The molecule has 0 aliphatic carbocycles. The van der Waals surface area contributed by atoms with E-state index in [0.29, 0.717) is 38.7 Å². The second kappa shape index (κ2) is 14.3. The summed E-state index contributed by atoms with van der Waals surface area (Å²) in [5.74, 6) is -1.65. The van der Waals surface area contributed by atoms with Crippen molar-refractivity contribution in [2.75, 3.05) is 23.1 Å². The van der Waals surface area contributed by atoms with Gasteiger partial charge >= 0.3 is 12.0 Å². The lowest BCUT2D eigenvalue weighted by molar-refractivity contribution is -0.605. The van der Waals surface area contributed by atoms with Crippen molar-refractivity contribution >= 4 is 40.9 Å². The molecule has 1 atom stereocenters. The highest BCUT2D eigenvalue weighted by molar-refractivity contribution is 6.01. The number of amides is 4. The molecule has 0 saturated heterocycles. The van der Waals surface area contributed by atoms with Crippen molar-refractivity contribution in [2.24, 2.45) is 0 Å². The number of rotatable bonds is 11. The number of benzene rings is 3. The van der Waals surface area contributed by atoms with Crippen LogP contribution >= 0.6 is 0 Å². The van der Waals surface area contributed by atoms with Gasteiger partial charge in [-0.05, 0) is 60.0 Å². The molecule has 12 nitrogen and oxygen atoms in total. The largest absolute Gasteiger partial charge is 0.619 e. The van der Waals surface area contributed by atoms with Crippen LogP contribution in [0.25, 0.3) is 0 Å². The molecule has 0 unspecified atom stereocenters. The van der Waals surface area contributed by atoms with E-state index >= 15 is 0 Å². The summed E-state index contributed by atoms with van der Waals surface area (Å²) in [6, 6.07) is 20.4. The van der Waals surface area contributed by atoms with E-state index in [-0.39, 0.29) is 24.3 Å². The topological polar surface area (TPSA) is 173 Å². The Kier molecular flexibility index (Phi) is 10.1. The molecule has 0 aliphatic heterocycles. The van der Waals surface area contributed by atoms with E-state index in [2.05, 4.69) is 21.3 Å². The van der Waals surface area contributed by atoms with Crippen LogP contribution in [0.15, 0.2) is 91.3 Å². The maximum absolute atomic E-state index is 12.8. The molecule has 0 saturated carbocycles. The van der Waals surface area contributed by atoms with Gasteiger partial charge in [-0.2, -0.15) is 4.73 Å². The molecule has 4 rings (SSSR count). The average molecular weight is 598 g/mol. The highest BCUT2D eigenvalue weighted by Gasteiger charge is 2.20. The zero-order valence-electron chi connectivity index (χ0n) is 24.0. The van der Waals surface area contributed by atoms with Crippen LogP contribution in [-0.4, -0.2) is 36.0 Å². The zero-order chi connectivity index (χ0) is 31.6. The van der Waals surface area contributed by atoms with Gasteiger partial charge in [-0.15, -0.1) is 0 Å². The van der Waals surface area contributed by atoms with Gasteiger partial charge in [0.15, 0.2) is 12.4 Å². The molecule has 0 bridgehead atoms. The van der Waals surface area contributed by atoms with E-state index in [9.17, 15) is 29.5 Å². The van der Waals surface area contributed by atoms with Crippen LogP contribution in [0.4, 0.5) is 21.9 Å². The lowest BCUT2D eigenvalue weighted by atomic mass is 10.0. The molecule has 3 aromatic carbocycles. The number of ether oxygens (including phenoxy) is 1. The number of para-hydroxylation sites is 1. The summed E-state index contributed by atoms with van der Waals surface area (Å²) in [5.41, 5.74) is 3.73. The number of pyridine rings is 1. The summed E-state index contributed by atoms with van der Waals surface area (Å²) in [7, 11) is 1.46. The van der Waals surface area contributed by atoms with Crippen LogP contribution in [0, 0.1) is 12.1 Å². The maximum atomic E-state index is 12.8. The first-order chi connectivity index (χ1) is 21.1. The molecule has 12 heteroatoms. The molecule has 4 amide bonds. The number of nitrogens with one attached hydrogen (secondary N) is 4. The van der Waals surface area contributed by atoms with Crippen molar-refractivity contribution in [1.82, 2.24) is 5.32 Å². The Morgan fingerprint density at radius 3 is 2.32 bits per heavy atom. The molecular formula is C32H31N5O7. The second-order valence-corrected chi connectivity index (χ2v) is 9.85. The third-order valence-corrected chi connectivity index (χ3v) is 6.59. The van der Waals surface area contributed by atoms with Crippen LogP contribution in [0.3, 0.4) is 0 Å². The summed E-state index contributed by atoms with van der Waals surface area (Å²) in [6.45, 7) is 1.89. The fourth-order valence-corrected chi connectivity index (χ4v) is 4.38. The SMILES string of the molecule is COc1cc(CC(=O)Nc2ccc([C@@H](CC(=O)O)NC(=O)c3ccc[n+]([O-])c3)cc2)ccc1NC(=O)Nc1ccccc1C. The number of carboxylic acids is 1. The van der Waals surface area contributed by atoms with Crippen LogP contribution in [0.2, 0.25) is 0 Å². The van der Waals surface area contributed by atoms with Gasteiger partial charge in [-0.1, -0.05) is 36.4 Å². The van der Waals surface area contributed by atoms with Crippen molar-refractivity contribution in [3.8, 4) is 5.75 Å². The highest BCUT2D eigenvalue weighted by Crippen LogP contribution is 2.27. The molecule has 44 heavy (non-hydrogen) atoms. The van der Waals surface area contributed by atoms with Crippen LogP contribution in [-0.2, 0) is 16.0 Å². The minimum absolute atomic E-state index is 0.0162. The van der Waals surface area contributed by atoms with Gasteiger partial charge in [0.05, 0.1) is 31.7 Å². The van der Waals surface area contributed by atoms with Gasteiger partial charge in [-0.3, -0.25) is 14.4 Å². The lowest BCUT2D eigenvalue weighted by Crippen LogP contribution is -2.33. The minimum atomic E-state index is -1.12. The van der Waals surface area contributed by atoms with Crippen molar-refractivity contribution in [3.05, 3.63) is 119 Å². The van der Waals surface area contributed by atoms with E-state index < -0.39 is 23.9 Å². The number of urea groups is 1. The molecule has 0 fully saturated rings. The number of aliphatic carboxylic acids is 1. The van der Waals surface area contributed by atoms with Gasteiger partial charge in [0.25, 0.3) is 5.91 Å². The number of hydrogen-bond donors (Lipinski definition) is 5. The number of carboxylic acid groups (broad SMARTS) is 1. The standard InChI is InChI=1S/C32H31N5O7/c1-20-6-3-4-8-25(20)35-32(42)36-26-14-9-21(16-28(26)44-2)17-29(38)33-24-12-10-22(11-13-24)27(18-30(39)40)34-31(41)23-7-5-15-37(43)19-23/h3-16,19,27H,17-18H2,1-2H3,(H,33,38)(H,34,41)(H,39,40)(H2,35,36,42)/t27-/m1/s1. The predicted octanol–water partition coefficient (Wildman–Crippen LogP) is 4.41. The number of nitrogens with zero attached hydrogens (tertiary/aromatic N) is 1. The molecule has 1 aromatic heterocycles. The quantitative estimate of drug-likeness (QED) is 0.126. The van der Waals surface area contributed by atoms with E-state index in [4.69, 9.17) is 4.74 Å². The number of carbonyl (C=O) groups is 4. The number of hydrogen-bond acceptors (Lipinski definition) is 6. The maximum Gasteiger partial charge on any atom is 0.323 e. The third kappa shape index (κ3) is 8.55. The summed E-state index contributed by atoms with van der Waals surface area (Å²) in [5, 5.41) is 31.8. The van der Waals surface area contributed by atoms with Crippen molar-refractivity contribution in [2.45, 2.75) is 25.8 Å². The number of aromatic nitrogens is 1.